The van der Waals surface area contributed by atoms with Crippen LogP contribution in [0.4, 0.5) is 4.79 Å². The molecule has 0 radical (unpaired) electrons. The molecular weight excluding hydrogens is 428 g/mol. The highest BCUT2D eigenvalue weighted by molar-refractivity contribution is 9.10. The first-order valence-corrected chi connectivity index (χ1v) is 10.6. The summed E-state index contributed by atoms with van der Waals surface area (Å²) in [5.41, 5.74) is 0.00155. The quantitative estimate of drug-likeness (QED) is 0.509. The van der Waals surface area contributed by atoms with Crippen LogP contribution in [0.3, 0.4) is 0 Å². The number of hydrogen-bond acceptors (Lipinski definition) is 5. The van der Waals surface area contributed by atoms with E-state index in [1.54, 1.807) is 12.1 Å². The van der Waals surface area contributed by atoms with Gasteiger partial charge in [0.2, 0.25) is 0 Å². The summed E-state index contributed by atoms with van der Waals surface area (Å²) in [6, 6.07) is 2.77. The third kappa shape index (κ3) is 4.42. The van der Waals surface area contributed by atoms with Crippen LogP contribution in [0.1, 0.15) is 50.7 Å². The average molecular weight is 453 g/mol. The summed E-state index contributed by atoms with van der Waals surface area (Å²) in [5, 5.41) is 4.65. The van der Waals surface area contributed by atoms with Crippen molar-refractivity contribution in [1.29, 1.82) is 0 Å². The second kappa shape index (κ2) is 7.54. The molecule has 4 saturated carbocycles. The Balaban J connectivity index is 1.20. The molecule has 1 aromatic rings. The van der Waals surface area contributed by atoms with Crippen molar-refractivity contribution >= 4 is 33.8 Å². The summed E-state index contributed by atoms with van der Waals surface area (Å²) in [6.07, 6.45) is 8.70. The van der Waals surface area contributed by atoms with E-state index in [4.69, 9.17) is 9.15 Å². The minimum atomic E-state index is -0.653. The predicted molar refractivity (Wildman–Crippen MR) is 103 cm³/mol. The van der Waals surface area contributed by atoms with Gasteiger partial charge in [-0.1, -0.05) is 15.9 Å². The van der Waals surface area contributed by atoms with Crippen LogP contribution in [0.25, 0.3) is 0 Å². The molecule has 3 amide bonds. The lowest BCUT2D eigenvalue weighted by Crippen LogP contribution is -2.53. The fourth-order valence-corrected chi connectivity index (χ4v) is 7.34. The van der Waals surface area contributed by atoms with Gasteiger partial charge in [-0.05, 0) is 67.9 Å². The Kier molecular flexibility index (Phi) is 5.24. The molecule has 28 heavy (non-hydrogen) atoms. The summed E-state index contributed by atoms with van der Waals surface area (Å²) in [4.78, 5) is 35.9. The van der Waals surface area contributed by atoms with Crippen LogP contribution in [0, 0.1) is 17.3 Å². The molecule has 5 rings (SSSR count). The number of hydrogen-bond donors (Lipinski definition) is 2. The minimum absolute atomic E-state index is 0.00155. The van der Waals surface area contributed by atoms with Gasteiger partial charge in [0, 0.05) is 4.32 Å². The number of esters is 1. The molecule has 7 nitrogen and oxygen atoms in total. The van der Waals surface area contributed by atoms with E-state index < -0.39 is 18.5 Å². The van der Waals surface area contributed by atoms with E-state index in [2.05, 4.69) is 26.6 Å². The number of carbonyl (C=O) groups excluding carboxylic acids is 3. The van der Waals surface area contributed by atoms with Crippen molar-refractivity contribution in [3.05, 3.63) is 24.2 Å². The van der Waals surface area contributed by atoms with Crippen LogP contribution in [0.2, 0.25) is 0 Å². The van der Waals surface area contributed by atoms with Crippen molar-refractivity contribution in [1.82, 2.24) is 10.6 Å². The zero-order chi connectivity index (χ0) is 19.8. The molecule has 1 heterocycles. The summed E-state index contributed by atoms with van der Waals surface area (Å²) in [5.74, 6) is 0.954. The molecular formula is C20H25BrN2O5. The van der Waals surface area contributed by atoms with Crippen LogP contribution in [0.15, 0.2) is 22.8 Å². The first kappa shape index (κ1) is 19.5. The van der Waals surface area contributed by atoms with Crippen LogP contribution >= 0.6 is 15.9 Å². The topological polar surface area (TPSA) is 97.6 Å². The average Bonchev–Trinajstić information content (AvgIpc) is 3.09. The third-order valence-corrected chi connectivity index (χ3v) is 7.18. The van der Waals surface area contributed by atoms with Crippen molar-refractivity contribution in [2.75, 3.05) is 6.61 Å². The van der Waals surface area contributed by atoms with Crippen molar-refractivity contribution in [2.24, 2.45) is 17.3 Å². The molecule has 4 aliphatic carbocycles. The predicted octanol–water partition coefficient (Wildman–Crippen LogP) is 3.27. The smallest absolute Gasteiger partial charge is 0.321 e. The van der Waals surface area contributed by atoms with Gasteiger partial charge in [0.1, 0.15) is 5.76 Å². The van der Waals surface area contributed by atoms with Crippen molar-refractivity contribution < 1.29 is 23.5 Å². The molecule has 2 unspecified atom stereocenters. The van der Waals surface area contributed by atoms with Gasteiger partial charge in [-0.25, -0.2) is 4.79 Å². The Morgan fingerprint density at radius 1 is 1.21 bits per heavy atom. The molecule has 152 valence electrons. The highest BCUT2D eigenvalue weighted by Crippen LogP contribution is 2.65. The number of halogens is 1. The van der Waals surface area contributed by atoms with Crippen LogP contribution in [-0.4, -0.2) is 28.8 Å². The van der Waals surface area contributed by atoms with E-state index in [1.807, 2.05) is 0 Å². The van der Waals surface area contributed by atoms with Crippen molar-refractivity contribution in [3.63, 3.8) is 0 Å². The van der Waals surface area contributed by atoms with Gasteiger partial charge in [0.15, 0.2) is 6.61 Å². The summed E-state index contributed by atoms with van der Waals surface area (Å²) >= 11 is 3.93. The maximum Gasteiger partial charge on any atom is 0.321 e. The van der Waals surface area contributed by atoms with Gasteiger partial charge in [-0.15, -0.1) is 0 Å². The number of carbonyl (C=O) groups is 3. The second-order valence-corrected chi connectivity index (χ2v) is 10.4. The number of urea groups is 1. The maximum absolute atomic E-state index is 12.4. The van der Waals surface area contributed by atoms with Gasteiger partial charge in [-0.3, -0.25) is 14.9 Å². The van der Waals surface area contributed by atoms with Gasteiger partial charge in [-0.2, -0.15) is 0 Å². The normalized spacial score (nSPS) is 32.8. The molecule has 4 atom stereocenters. The Bertz CT molecular complexity index is 749. The Hall–Kier alpha value is -1.83. The lowest BCUT2D eigenvalue weighted by molar-refractivity contribution is -0.154. The molecule has 1 aromatic heterocycles. The van der Waals surface area contributed by atoms with Crippen LogP contribution in [0.5, 0.6) is 0 Å². The Labute approximate surface area is 172 Å². The molecule has 0 saturated heterocycles. The molecule has 2 N–H and O–H groups in total. The van der Waals surface area contributed by atoms with Crippen molar-refractivity contribution in [2.45, 2.75) is 55.8 Å². The minimum Gasteiger partial charge on any atom is -0.467 e. The molecule has 8 heteroatoms. The van der Waals surface area contributed by atoms with E-state index in [0.717, 1.165) is 19.3 Å². The zero-order valence-corrected chi connectivity index (χ0v) is 17.3. The van der Waals surface area contributed by atoms with Gasteiger partial charge in [0.05, 0.1) is 19.2 Å². The summed E-state index contributed by atoms with van der Waals surface area (Å²) in [6.45, 7) is -0.277. The first-order chi connectivity index (χ1) is 13.3. The standard InChI is InChI=1S/C20H25BrN2O5/c21-20-7-13-4-14(8-20)6-19(5-13,12-20)9-17(25)28-11-16(24)23-18(26)22-10-15-2-1-3-27-15/h1-3,13-14H,4-12H2,(H2,22,23,24,26)/t13-,14+,19?,20?. The van der Waals surface area contributed by atoms with Crippen molar-refractivity contribution in [3.8, 4) is 0 Å². The molecule has 0 spiro atoms. The van der Waals surface area contributed by atoms with Crippen LogP contribution in [-0.2, 0) is 20.9 Å². The number of alkyl halides is 1. The second-order valence-electron chi connectivity index (χ2n) is 8.76. The molecule has 0 aliphatic heterocycles. The van der Waals surface area contributed by atoms with E-state index in [0.29, 0.717) is 24.0 Å². The highest BCUT2D eigenvalue weighted by atomic mass is 79.9. The van der Waals surface area contributed by atoms with E-state index in [9.17, 15) is 14.4 Å². The third-order valence-electron chi connectivity index (χ3n) is 6.25. The summed E-state index contributed by atoms with van der Waals surface area (Å²) < 4.78 is 10.4. The van der Waals surface area contributed by atoms with Gasteiger partial charge in [0.25, 0.3) is 5.91 Å². The Morgan fingerprint density at radius 2 is 1.96 bits per heavy atom. The number of imide groups is 1. The number of amides is 3. The molecule has 4 aliphatic rings. The zero-order valence-electron chi connectivity index (χ0n) is 15.7. The fraction of sp³-hybridized carbons (Fsp3) is 0.650. The number of nitrogens with one attached hydrogen (secondary N) is 2. The number of rotatable bonds is 6. The maximum atomic E-state index is 12.4. The lowest BCUT2D eigenvalue weighted by atomic mass is 9.49. The fourth-order valence-electron chi connectivity index (χ4n) is 5.83. The molecule has 0 aromatic carbocycles. The lowest BCUT2D eigenvalue weighted by Gasteiger charge is -2.60. The van der Waals surface area contributed by atoms with E-state index >= 15 is 0 Å². The van der Waals surface area contributed by atoms with Crippen LogP contribution < -0.4 is 10.6 Å². The first-order valence-electron chi connectivity index (χ1n) is 9.78. The Morgan fingerprint density at radius 3 is 2.61 bits per heavy atom. The molecule has 4 bridgehead atoms. The highest BCUT2D eigenvalue weighted by Gasteiger charge is 2.57. The summed E-state index contributed by atoms with van der Waals surface area (Å²) in [7, 11) is 0. The van der Waals surface area contributed by atoms with E-state index in [-0.39, 0.29) is 22.3 Å². The number of furan rings is 1. The largest absolute Gasteiger partial charge is 0.467 e. The van der Waals surface area contributed by atoms with E-state index in [1.165, 1.54) is 25.5 Å². The van der Waals surface area contributed by atoms with Gasteiger partial charge >= 0.3 is 12.0 Å². The SMILES string of the molecule is O=C(COC(=O)CC12C[C@@H]3C[C@@H](CC(Br)(C3)C1)C2)NC(=O)NCc1ccco1. The monoisotopic (exact) mass is 452 g/mol. The number of ether oxygens (including phenoxy) is 1. The molecule has 4 fully saturated rings. The van der Waals surface area contributed by atoms with Gasteiger partial charge < -0.3 is 14.5 Å².